The minimum absolute atomic E-state index is 0.928. The van der Waals surface area contributed by atoms with Crippen molar-refractivity contribution in [1.29, 1.82) is 0 Å². The summed E-state index contributed by atoms with van der Waals surface area (Å²) >= 11 is 0. The topological polar surface area (TPSA) is 53.0 Å². The van der Waals surface area contributed by atoms with Crippen molar-refractivity contribution in [3.63, 3.8) is 0 Å². The van der Waals surface area contributed by atoms with Gasteiger partial charge < -0.3 is 14.5 Å². The van der Waals surface area contributed by atoms with Crippen molar-refractivity contribution in [3.05, 3.63) is 49.2 Å². The smallest absolute Gasteiger partial charge is 0.0979 e. The Hall–Kier alpha value is -2.44. The third kappa shape index (κ3) is 3.50. The van der Waals surface area contributed by atoms with Crippen LogP contribution in [-0.4, -0.2) is 69.1 Å². The minimum Gasteiger partial charge on any atom is -0.343 e. The lowest BCUT2D eigenvalue weighted by atomic mass is 10.1. The summed E-state index contributed by atoms with van der Waals surface area (Å²) in [6.45, 7) is 6.53. The molecule has 0 amide bonds. The number of rotatable bonds is 5. The molecule has 3 aromatic rings. The predicted molar refractivity (Wildman–Crippen MR) is 99.2 cm³/mol. The summed E-state index contributed by atoms with van der Waals surface area (Å²) in [5.41, 5.74) is 4.25. The van der Waals surface area contributed by atoms with Crippen LogP contribution in [0.25, 0.3) is 22.6 Å². The fourth-order valence-electron chi connectivity index (χ4n) is 3.35. The standard InChI is InChI=1S/C19H24N6/c1-23-7-9-24(10-8-23)11-12-25-15-22-18(16-5-3-2-4-6-16)19(25)17-13-20-14-21-17/h2-6,13-15H,7-12H2,1H3,(H,20,21). The highest BCUT2D eigenvalue weighted by molar-refractivity contribution is 5.76. The number of hydrogen-bond acceptors (Lipinski definition) is 4. The number of hydrogen-bond donors (Lipinski definition) is 1. The maximum atomic E-state index is 4.71. The Balaban J connectivity index is 1.59. The Morgan fingerprint density at radius 1 is 1.04 bits per heavy atom. The van der Waals surface area contributed by atoms with E-state index >= 15 is 0 Å². The molecule has 0 unspecified atom stereocenters. The molecule has 25 heavy (non-hydrogen) atoms. The SMILES string of the molecule is CN1CCN(CCn2cnc(-c3ccccc3)c2-c2cnc[nH]2)CC1. The molecule has 0 spiro atoms. The van der Waals surface area contributed by atoms with Gasteiger partial charge >= 0.3 is 0 Å². The van der Waals surface area contributed by atoms with E-state index in [1.165, 1.54) is 0 Å². The van der Waals surface area contributed by atoms with Crippen molar-refractivity contribution < 1.29 is 0 Å². The van der Waals surface area contributed by atoms with Gasteiger partial charge in [-0.25, -0.2) is 9.97 Å². The van der Waals surface area contributed by atoms with Crippen molar-refractivity contribution in [1.82, 2.24) is 29.3 Å². The molecule has 4 rings (SSSR count). The zero-order chi connectivity index (χ0) is 17.1. The summed E-state index contributed by atoms with van der Waals surface area (Å²) in [6.07, 6.45) is 5.55. The van der Waals surface area contributed by atoms with Crippen LogP contribution in [0.2, 0.25) is 0 Å². The fraction of sp³-hybridized carbons (Fsp3) is 0.368. The summed E-state index contributed by atoms with van der Waals surface area (Å²) in [4.78, 5) is 17.1. The average molecular weight is 336 g/mol. The molecule has 3 heterocycles. The Morgan fingerprint density at radius 3 is 2.56 bits per heavy atom. The number of imidazole rings is 2. The number of nitrogens with zero attached hydrogens (tertiary/aromatic N) is 5. The molecule has 6 heteroatoms. The van der Waals surface area contributed by atoms with Crippen molar-refractivity contribution >= 4 is 0 Å². The van der Waals surface area contributed by atoms with Gasteiger partial charge in [-0.2, -0.15) is 0 Å². The van der Waals surface area contributed by atoms with Crippen LogP contribution in [0.15, 0.2) is 49.2 Å². The second kappa shape index (κ2) is 7.21. The molecule has 0 saturated carbocycles. The van der Waals surface area contributed by atoms with Gasteiger partial charge in [0.05, 0.1) is 35.9 Å². The van der Waals surface area contributed by atoms with E-state index in [1.807, 2.05) is 18.6 Å². The number of H-pyrrole nitrogens is 1. The molecule has 0 atom stereocenters. The Bertz CT molecular complexity index is 785. The molecule has 1 saturated heterocycles. The molecule has 6 nitrogen and oxygen atoms in total. The quantitative estimate of drug-likeness (QED) is 0.776. The van der Waals surface area contributed by atoms with E-state index in [0.29, 0.717) is 0 Å². The van der Waals surface area contributed by atoms with Crippen molar-refractivity contribution in [2.24, 2.45) is 0 Å². The van der Waals surface area contributed by atoms with Crippen LogP contribution in [0.1, 0.15) is 0 Å². The second-order valence-electron chi connectivity index (χ2n) is 6.61. The maximum Gasteiger partial charge on any atom is 0.0979 e. The van der Waals surface area contributed by atoms with Crippen molar-refractivity contribution in [3.8, 4) is 22.6 Å². The molecule has 2 aromatic heterocycles. The number of benzene rings is 1. The van der Waals surface area contributed by atoms with E-state index in [0.717, 1.165) is 61.9 Å². The molecular formula is C19H24N6. The normalized spacial score (nSPS) is 16.4. The number of aromatic nitrogens is 4. The van der Waals surface area contributed by atoms with Crippen LogP contribution in [0.3, 0.4) is 0 Å². The molecule has 1 fully saturated rings. The van der Waals surface area contributed by atoms with E-state index in [4.69, 9.17) is 4.98 Å². The van der Waals surface area contributed by atoms with Crippen molar-refractivity contribution in [2.45, 2.75) is 6.54 Å². The van der Waals surface area contributed by atoms with Crippen LogP contribution in [0.5, 0.6) is 0 Å². The zero-order valence-corrected chi connectivity index (χ0v) is 14.6. The van der Waals surface area contributed by atoms with E-state index in [1.54, 1.807) is 6.33 Å². The summed E-state index contributed by atoms with van der Waals surface area (Å²) < 4.78 is 2.24. The molecule has 1 aliphatic rings. The molecule has 1 aliphatic heterocycles. The fourth-order valence-corrected chi connectivity index (χ4v) is 3.35. The number of aromatic amines is 1. The molecule has 130 valence electrons. The van der Waals surface area contributed by atoms with Gasteiger partial charge in [-0.1, -0.05) is 30.3 Å². The van der Waals surface area contributed by atoms with E-state index < -0.39 is 0 Å². The summed E-state index contributed by atoms with van der Waals surface area (Å²) in [5.74, 6) is 0. The third-order valence-electron chi connectivity index (χ3n) is 4.89. The highest BCUT2D eigenvalue weighted by atomic mass is 15.3. The van der Waals surface area contributed by atoms with Crippen LogP contribution >= 0.6 is 0 Å². The van der Waals surface area contributed by atoms with Crippen LogP contribution in [-0.2, 0) is 6.54 Å². The monoisotopic (exact) mass is 336 g/mol. The highest BCUT2D eigenvalue weighted by Crippen LogP contribution is 2.29. The van der Waals surface area contributed by atoms with Gasteiger partial charge in [0, 0.05) is 44.8 Å². The first-order valence-corrected chi connectivity index (χ1v) is 8.81. The van der Waals surface area contributed by atoms with Gasteiger partial charge in [0.15, 0.2) is 0 Å². The Labute approximate surface area is 148 Å². The summed E-state index contributed by atoms with van der Waals surface area (Å²) in [6, 6.07) is 10.3. The number of likely N-dealkylation sites (N-methyl/N-ethyl adjacent to an activating group) is 1. The van der Waals surface area contributed by atoms with Gasteiger partial charge in [-0.15, -0.1) is 0 Å². The predicted octanol–water partition coefficient (Wildman–Crippen LogP) is 2.19. The zero-order valence-electron chi connectivity index (χ0n) is 14.6. The molecule has 1 N–H and O–H groups in total. The summed E-state index contributed by atoms with van der Waals surface area (Å²) in [7, 11) is 2.19. The van der Waals surface area contributed by atoms with E-state index in [9.17, 15) is 0 Å². The highest BCUT2D eigenvalue weighted by Gasteiger charge is 2.18. The average Bonchev–Trinajstić information content (AvgIpc) is 3.31. The molecular weight excluding hydrogens is 312 g/mol. The number of nitrogens with one attached hydrogen (secondary N) is 1. The Kier molecular flexibility index (Phi) is 4.63. The van der Waals surface area contributed by atoms with Gasteiger partial charge in [0.1, 0.15) is 0 Å². The third-order valence-corrected chi connectivity index (χ3v) is 4.89. The first kappa shape index (κ1) is 16.1. The van der Waals surface area contributed by atoms with E-state index in [-0.39, 0.29) is 0 Å². The van der Waals surface area contributed by atoms with Gasteiger partial charge in [-0.05, 0) is 7.05 Å². The lowest BCUT2D eigenvalue weighted by molar-refractivity contribution is 0.150. The minimum atomic E-state index is 0.928. The number of piperazine rings is 1. The first-order chi connectivity index (χ1) is 12.3. The maximum absolute atomic E-state index is 4.71. The molecule has 0 radical (unpaired) electrons. The second-order valence-corrected chi connectivity index (χ2v) is 6.61. The van der Waals surface area contributed by atoms with Crippen molar-refractivity contribution in [2.75, 3.05) is 39.8 Å². The molecule has 0 bridgehead atoms. The van der Waals surface area contributed by atoms with E-state index in [2.05, 4.69) is 55.6 Å². The summed E-state index contributed by atoms with van der Waals surface area (Å²) in [5, 5.41) is 0. The molecule has 1 aromatic carbocycles. The largest absolute Gasteiger partial charge is 0.343 e. The van der Waals surface area contributed by atoms with Gasteiger partial charge in [0.2, 0.25) is 0 Å². The lowest BCUT2D eigenvalue weighted by Gasteiger charge is -2.32. The van der Waals surface area contributed by atoms with Gasteiger partial charge in [-0.3, -0.25) is 4.90 Å². The van der Waals surface area contributed by atoms with Gasteiger partial charge in [0.25, 0.3) is 0 Å². The first-order valence-electron chi connectivity index (χ1n) is 8.81. The Morgan fingerprint density at radius 2 is 1.84 bits per heavy atom. The lowest BCUT2D eigenvalue weighted by Crippen LogP contribution is -2.45. The van der Waals surface area contributed by atoms with Crippen LogP contribution in [0, 0.1) is 0 Å². The molecule has 0 aliphatic carbocycles. The van der Waals surface area contributed by atoms with Crippen LogP contribution in [0.4, 0.5) is 0 Å². The van der Waals surface area contributed by atoms with Crippen LogP contribution < -0.4 is 0 Å².